The molecule has 0 saturated carbocycles. The standard InChI is InChI=1S/C9H14N2O4/c1-5(2)8-10-11(4-7(12)13)9(14)6(3)15-8/h5-6H,4H2,1-3H3,(H,12,13). The Morgan fingerprint density at radius 1 is 1.67 bits per heavy atom. The molecule has 0 aromatic heterocycles. The lowest BCUT2D eigenvalue weighted by atomic mass is 10.2. The van der Waals surface area contributed by atoms with E-state index in [1.165, 1.54) is 0 Å². The van der Waals surface area contributed by atoms with Crippen LogP contribution in [0.5, 0.6) is 0 Å². The van der Waals surface area contributed by atoms with Gasteiger partial charge in [0.25, 0.3) is 5.91 Å². The van der Waals surface area contributed by atoms with Crippen molar-refractivity contribution in [2.45, 2.75) is 26.9 Å². The molecule has 1 heterocycles. The zero-order chi connectivity index (χ0) is 11.6. The molecule has 15 heavy (non-hydrogen) atoms. The highest BCUT2D eigenvalue weighted by atomic mass is 16.5. The van der Waals surface area contributed by atoms with Crippen molar-refractivity contribution in [3.05, 3.63) is 0 Å². The third kappa shape index (κ3) is 2.68. The van der Waals surface area contributed by atoms with Crippen molar-refractivity contribution in [1.29, 1.82) is 0 Å². The van der Waals surface area contributed by atoms with Crippen molar-refractivity contribution in [2.24, 2.45) is 11.0 Å². The summed E-state index contributed by atoms with van der Waals surface area (Å²) in [4.78, 5) is 22.0. The van der Waals surface area contributed by atoms with Gasteiger partial charge in [0.2, 0.25) is 5.90 Å². The topological polar surface area (TPSA) is 79.2 Å². The molecule has 6 heteroatoms. The number of aliphatic carboxylic acids is 1. The molecule has 1 amide bonds. The summed E-state index contributed by atoms with van der Waals surface area (Å²) < 4.78 is 5.24. The maximum Gasteiger partial charge on any atom is 0.325 e. The van der Waals surface area contributed by atoms with Gasteiger partial charge in [0.1, 0.15) is 6.54 Å². The van der Waals surface area contributed by atoms with E-state index in [-0.39, 0.29) is 5.92 Å². The second kappa shape index (κ2) is 4.29. The van der Waals surface area contributed by atoms with Gasteiger partial charge in [0.05, 0.1) is 0 Å². The molecular formula is C9H14N2O4. The Labute approximate surface area is 87.5 Å². The van der Waals surface area contributed by atoms with E-state index in [1.54, 1.807) is 6.92 Å². The molecule has 84 valence electrons. The van der Waals surface area contributed by atoms with E-state index in [0.717, 1.165) is 5.01 Å². The maximum absolute atomic E-state index is 11.5. The van der Waals surface area contributed by atoms with Crippen LogP contribution in [-0.4, -0.2) is 40.5 Å². The summed E-state index contributed by atoms with van der Waals surface area (Å²) in [6.45, 7) is 4.87. The predicted octanol–water partition coefficient (Wildman–Crippen LogP) is 0.288. The van der Waals surface area contributed by atoms with Crippen LogP contribution in [0, 0.1) is 5.92 Å². The third-order valence-electron chi connectivity index (χ3n) is 1.90. The minimum Gasteiger partial charge on any atom is -0.480 e. The highest BCUT2D eigenvalue weighted by Gasteiger charge is 2.30. The zero-order valence-electron chi connectivity index (χ0n) is 8.93. The molecular weight excluding hydrogens is 200 g/mol. The van der Waals surface area contributed by atoms with Crippen LogP contribution >= 0.6 is 0 Å². The molecule has 0 aromatic rings. The smallest absolute Gasteiger partial charge is 0.325 e. The number of amides is 1. The number of rotatable bonds is 3. The van der Waals surface area contributed by atoms with Gasteiger partial charge in [-0.3, -0.25) is 9.59 Å². The molecule has 0 bridgehead atoms. The Balaban J connectivity index is 2.87. The van der Waals surface area contributed by atoms with Gasteiger partial charge in [-0.05, 0) is 6.92 Å². The second-order valence-electron chi connectivity index (χ2n) is 3.64. The Morgan fingerprint density at radius 2 is 2.27 bits per heavy atom. The highest BCUT2D eigenvalue weighted by molar-refractivity contribution is 5.91. The first-order valence-electron chi connectivity index (χ1n) is 4.70. The zero-order valence-corrected chi connectivity index (χ0v) is 8.93. The summed E-state index contributed by atoms with van der Waals surface area (Å²) in [6.07, 6.45) is -0.667. The highest BCUT2D eigenvalue weighted by Crippen LogP contribution is 2.13. The van der Waals surface area contributed by atoms with Crippen molar-refractivity contribution >= 4 is 17.8 Å². The Morgan fingerprint density at radius 3 is 2.73 bits per heavy atom. The van der Waals surface area contributed by atoms with Crippen LogP contribution in [0.4, 0.5) is 0 Å². The lowest BCUT2D eigenvalue weighted by Crippen LogP contribution is -2.45. The van der Waals surface area contributed by atoms with Crippen molar-refractivity contribution in [1.82, 2.24) is 5.01 Å². The minimum absolute atomic E-state index is 0.0249. The third-order valence-corrected chi connectivity index (χ3v) is 1.90. The fourth-order valence-corrected chi connectivity index (χ4v) is 1.13. The van der Waals surface area contributed by atoms with Crippen molar-refractivity contribution < 1.29 is 19.4 Å². The summed E-state index contributed by atoms with van der Waals surface area (Å²) in [5, 5.41) is 13.4. The first-order chi connectivity index (χ1) is 6.91. The number of carbonyl (C=O) groups is 2. The van der Waals surface area contributed by atoms with E-state index in [9.17, 15) is 9.59 Å². The molecule has 0 aliphatic carbocycles. The average molecular weight is 214 g/mol. The molecule has 1 atom stereocenters. The summed E-state index contributed by atoms with van der Waals surface area (Å²) in [7, 11) is 0. The molecule has 6 nitrogen and oxygen atoms in total. The number of nitrogens with zero attached hydrogens (tertiary/aromatic N) is 2. The quantitative estimate of drug-likeness (QED) is 0.732. The SMILES string of the molecule is CC(C)C1=NN(CC(=O)O)C(=O)C(C)O1. The number of carbonyl (C=O) groups excluding carboxylic acids is 1. The van der Waals surface area contributed by atoms with Crippen molar-refractivity contribution in [3.8, 4) is 0 Å². The fourth-order valence-electron chi connectivity index (χ4n) is 1.13. The fraction of sp³-hybridized carbons (Fsp3) is 0.667. The van der Waals surface area contributed by atoms with Gasteiger partial charge in [-0.15, -0.1) is 5.10 Å². The molecule has 1 aliphatic rings. The summed E-state index contributed by atoms with van der Waals surface area (Å²) in [6, 6.07) is 0. The summed E-state index contributed by atoms with van der Waals surface area (Å²) in [5.74, 6) is -1.11. The Hall–Kier alpha value is -1.59. The van der Waals surface area contributed by atoms with Crippen LogP contribution in [0.25, 0.3) is 0 Å². The van der Waals surface area contributed by atoms with Gasteiger partial charge >= 0.3 is 5.97 Å². The number of ether oxygens (including phenoxy) is 1. The van der Waals surface area contributed by atoms with Gasteiger partial charge in [0.15, 0.2) is 6.10 Å². The first kappa shape index (κ1) is 11.5. The number of carboxylic acid groups (broad SMARTS) is 1. The van der Waals surface area contributed by atoms with Crippen LogP contribution in [0.2, 0.25) is 0 Å². The van der Waals surface area contributed by atoms with E-state index < -0.39 is 24.5 Å². The van der Waals surface area contributed by atoms with Crippen LogP contribution in [0.1, 0.15) is 20.8 Å². The monoisotopic (exact) mass is 214 g/mol. The van der Waals surface area contributed by atoms with Crippen molar-refractivity contribution in [3.63, 3.8) is 0 Å². The Bertz CT molecular complexity index is 311. The van der Waals surface area contributed by atoms with Crippen molar-refractivity contribution in [2.75, 3.05) is 6.54 Å². The molecule has 1 aliphatic heterocycles. The van der Waals surface area contributed by atoms with Gasteiger partial charge in [-0.2, -0.15) is 0 Å². The lowest BCUT2D eigenvalue weighted by molar-refractivity contribution is -0.149. The predicted molar refractivity (Wildman–Crippen MR) is 52.2 cm³/mol. The molecule has 1 rings (SSSR count). The van der Waals surface area contributed by atoms with Gasteiger partial charge in [-0.25, -0.2) is 5.01 Å². The number of hydrogen-bond donors (Lipinski definition) is 1. The van der Waals surface area contributed by atoms with E-state index in [0.29, 0.717) is 5.90 Å². The van der Waals surface area contributed by atoms with Gasteiger partial charge in [0, 0.05) is 5.92 Å². The number of carboxylic acids is 1. The molecule has 1 N–H and O–H groups in total. The van der Waals surface area contributed by atoms with Crippen LogP contribution < -0.4 is 0 Å². The lowest BCUT2D eigenvalue weighted by Gasteiger charge is -2.28. The van der Waals surface area contributed by atoms with Crippen LogP contribution in [0.15, 0.2) is 5.10 Å². The molecule has 0 saturated heterocycles. The average Bonchev–Trinajstić information content (AvgIpc) is 2.11. The molecule has 0 fully saturated rings. The molecule has 0 radical (unpaired) electrons. The molecule has 0 spiro atoms. The number of hydrazone groups is 1. The van der Waals surface area contributed by atoms with E-state index in [1.807, 2.05) is 13.8 Å². The minimum atomic E-state index is -1.09. The maximum atomic E-state index is 11.5. The summed E-state index contributed by atoms with van der Waals surface area (Å²) >= 11 is 0. The normalized spacial score (nSPS) is 21.3. The van der Waals surface area contributed by atoms with E-state index >= 15 is 0 Å². The molecule has 0 aromatic carbocycles. The number of hydrogen-bond acceptors (Lipinski definition) is 4. The van der Waals surface area contributed by atoms with E-state index in [4.69, 9.17) is 9.84 Å². The van der Waals surface area contributed by atoms with E-state index in [2.05, 4.69) is 5.10 Å². The largest absolute Gasteiger partial charge is 0.480 e. The van der Waals surface area contributed by atoms with Gasteiger partial charge in [-0.1, -0.05) is 13.8 Å². The summed E-state index contributed by atoms with van der Waals surface area (Å²) in [5.41, 5.74) is 0. The van der Waals surface area contributed by atoms with Crippen LogP contribution in [-0.2, 0) is 14.3 Å². The van der Waals surface area contributed by atoms with Crippen LogP contribution in [0.3, 0.4) is 0 Å². The molecule has 1 unspecified atom stereocenters. The second-order valence-corrected chi connectivity index (χ2v) is 3.64. The first-order valence-corrected chi connectivity index (χ1v) is 4.70. The van der Waals surface area contributed by atoms with Gasteiger partial charge < -0.3 is 9.84 Å². The Kier molecular flexibility index (Phi) is 3.28.